The molecule has 0 unspecified atom stereocenters. The highest BCUT2D eigenvalue weighted by Crippen LogP contribution is 2.15. The van der Waals surface area contributed by atoms with Gasteiger partial charge >= 0.3 is 0 Å². The van der Waals surface area contributed by atoms with Crippen LogP contribution in [0.25, 0.3) is 0 Å². The van der Waals surface area contributed by atoms with Gasteiger partial charge in [0.1, 0.15) is 0 Å². The summed E-state index contributed by atoms with van der Waals surface area (Å²) in [6, 6.07) is 1.73. The lowest BCUT2D eigenvalue weighted by Crippen LogP contribution is -2.36. The van der Waals surface area contributed by atoms with Gasteiger partial charge < -0.3 is 10.6 Å². The monoisotopic (exact) mass is 243 g/mol. The van der Waals surface area contributed by atoms with Crippen LogP contribution in [0.2, 0.25) is 0 Å². The number of likely N-dealkylation sites (tertiary alicyclic amines) is 1. The number of nitrogens with zero attached hydrogens (tertiary/aromatic N) is 2. The van der Waals surface area contributed by atoms with Crippen molar-refractivity contribution in [1.82, 2.24) is 9.88 Å². The molecule has 4 heteroatoms. The lowest BCUT2D eigenvalue weighted by Gasteiger charge is -2.27. The van der Waals surface area contributed by atoms with Gasteiger partial charge in [0, 0.05) is 25.5 Å². The van der Waals surface area contributed by atoms with E-state index in [0.29, 0.717) is 11.1 Å². The number of carbonyl (C=O) groups excluding carboxylic acids is 1. The van der Waals surface area contributed by atoms with E-state index in [1.54, 1.807) is 18.5 Å². The van der Waals surface area contributed by atoms with E-state index in [4.69, 9.17) is 5.73 Å². The van der Waals surface area contributed by atoms with Gasteiger partial charge in [0.2, 0.25) is 0 Å². The molecule has 94 valence electrons. The summed E-state index contributed by atoms with van der Waals surface area (Å²) in [5, 5.41) is 0. The third kappa shape index (κ3) is 2.88. The fourth-order valence-corrected chi connectivity index (χ4v) is 2.09. The van der Waals surface area contributed by atoms with Gasteiger partial charge in [-0.1, -0.05) is 11.8 Å². The minimum atomic E-state index is 0.0541. The van der Waals surface area contributed by atoms with Gasteiger partial charge in [-0.2, -0.15) is 0 Å². The highest BCUT2D eigenvalue weighted by molar-refractivity contribution is 5.96. The van der Waals surface area contributed by atoms with Crippen molar-refractivity contribution in [3.05, 3.63) is 29.6 Å². The summed E-state index contributed by atoms with van der Waals surface area (Å²) in [7, 11) is 0. The van der Waals surface area contributed by atoms with Crippen molar-refractivity contribution >= 4 is 5.91 Å². The molecule has 2 heterocycles. The first-order valence-electron chi connectivity index (χ1n) is 6.25. The molecule has 1 aromatic rings. The van der Waals surface area contributed by atoms with Gasteiger partial charge in [-0.05, 0) is 25.3 Å². The van der Waals surface area contributed by atoms with Crippen molar-refractivity contribution in [2.75, 3.05) is 19.6 Å². The van der Waals surface area contributed by atoms with Crippen LogP contribution in [-0.4, -0.2) is 35.4 Å². The SMILES string of the molecule is NCC#Cc1cnccc1C(=O)N1CCCCC1. The van der Waals surface area contributed by atoms with Crippen LogP contribution in [0.1, 0.15) is 35.2 Å². The first kappa shape index (κ1) is 12.6. The number of hydrogen-bond acceptors (Lipinski definition) is 3. The lowest BCUT2D eigenvalue weighted by molar-refractivity contribution is 0.0724. The first-order valence-corrected chi connectivity index (χ1v) is 6.25. The van der Waals surface area contributed by atoms with Crippen LogP contribution in [-0.2, 0) is 0 Å². The second kappa shape index (κ2) is 6.18. The molecule has 1 aliphatic heterocycles. The van der Waals surface area contributed by atoms with Crippen LogP contribution in [0.3, 0.4) is 0 Å². The van der Waals surface area contributed by atoms with E-state index in [9.17, 15) is 4.79 Å². The van der Waals surface area contributed by atoms with E-state index in [1.807, 2.05) is 4.90 Å². The Bertz CT molecular complexity index is 481. The molecule has 0 atom stereocenters. The summed E-state index contributed by atoms with van der Waals surface area (Å²) in [5.41, 5.74) is 6.65. The Balaban J connectivity index is 2.23. The molecule has 2 N–H and O–H groups in total. The molecule has 0 aromatic carbocycles. The normalized spacial score (nSPS) is 14.8. The van der Waals surface area contributed by atoms with Crippen LogP contribution in [0, 0.1) is 11.8 Å². The Labute approximate surface area is 107 Å². The molecule has 0 radical (unpaired) electrons. The Morgan fingerprint density at radius 2 is 2.17 bits per heavy atom. The van der Waals surface area contributed by atoms with Crippen LogP contribution >= 0.6 is 0 Å². The zero-order valence-corrected chi connectivity index (χ0v) is 10.4. The van der Waals surface area contributed by atoms with E-state index in [-0.39, 0.29) is 12.5 Å². The average Bonchev–Trinajstić information content (AvgIpc) is 2.45. The van der Waals surface area contributed by atoms with Crippen LogP contribution in [0.4, 0.5) is 0 Å². The van der Waals surface area contributed by atoms with Crippen molar-refractivity contribution in [3.8, 4) is 11.8 Å². The zero-order valence-electron chi connectivity index (χ0n) is 10.4. The summed E-state index contributed by atoms with van der Waals surface area (Å²) in [6.45, 7) is 1.96. The average molecular weight is 243 g/mol. The molecular formula is C14H17N3O. The summed E-state index contributed by atoms with van der Waals surface area (Å²) in [4.78, 5) is 18.3. The number of nitrogens with two attached hydrogens (primary N) is 1. The fourth-order valence-electron chi connectivity index (χ4n) is 2.09. The predicted octanol–water partition coefficient (Wildman–Crippen LogP) is 1.02. The molecule has 18 heavy (non-hydrogen) atoms. The molecule has 1 fully saturated rings. The quantitative estimate of drug-likeness (QED) is 0.749. The maximum Gasteiger partial charge on any atom is 0.255 e. The van der Waals surface area contributed by atoms with Gasteiger partial charge in [0.25, 0.3) is 5.91 Å². The molecule has 2 rings (SSSR count). The van der Waals surface area contributed by atoms with Crippen molar-refractivity contribution < 1.29 is 4.79 Å². The maximum absolute atomic E-state index is 12.4. The molecule has 0 spiro atoms. The third-order valence-corrected chi connectivity index (χ3v) is 3.02. The molecule has 0 aliphatic carbocycles. The smallest absolute Gasteiger partial charge is 0.255 e. The molecular weight excluding hydrogens is 226 g/mol. The third-order valence-electron chi connectivity index (χ3n) is 3.02. The second-order valence-corrected chi connectivity index (χ2v) is 4.28. The molecule has 4 nitrogen and oxygen atoms in total. The Morgan fingerprint density at radius 1 is 1.39 bits per heavy atom. The maximum atomic E-state index is 12.4. The summed E-state index contributed by atoms with van der Waals surface area (Å²) >= 11 is 0. The van der Waals surface area contributed by atoms with Gasteiger partial charge in [-0.3, -0.25) is 9.78 Å². The van der Waals surface area contributed by atoms with Crippen molar-refractivity contribution in [3.63, 3.8) is 0 Å². The summed E-state index contributed by atoms with van der Waals surface area (Å²) in [6.07, 6.45) is 6.63. The van der Waals surface area contributed by atoms with Gasteiger partial charge in [0.05, 0.1) is 17.7 Å². The largest absolute Gasteiger partial charge is 0.339 e. The van der Waals surface area contributed by atoms with Crippen LogP contribution in [0.15, 0.2) is 18.5 Å². The van der Waals surface area contributed by atoms with E-state index in [1.165, 1.54) is 6.42 Å². The number of piperidine rings is 1. The second-order valence-electron chi connectivity index (χ2n) is 4.28. The van der Waals surface area contributed by atoms with Crippen molar-refractivity contribution in [2.45, 2.75) is 19.3 Å². The molecule has 0 bridgehead atoms. The van der Waals surface area contributed by atoms with Crippen molar-refractivity contribution in [1.29, 1.82) is 0 Å². The fraction of sp³-hybridized carbons (Fsp3) is 0.429. The first-order chi connectivity index (χ1) is 8.83. The highest BCUT2D eigenvalue weighted by atomic mass is 16.2. The minimum Gasteiger partial charge on any atom is -0.339 e. The molecule has 1 aliphatic rings. The molecule has 0 saturated carbocycles. The van der Waals surface area contributed by atoms with Gasteiger partial charge in [-0.25, -0.2) is 0 Å². The number of aromatic nitrogens is 1. The van der Waals surface area contributed by atoms with E-state index in [2.05, 4.69) is 16.8 Å². The van der Waals surface area contributed by atoms with Crippen LogP contribution < -0.4 is 5.73 Å². The standard InChI is InChI=1S/C14H17N3O/c15-7-4-5-12-11-16-8-6-13(12)14(18)17-9-2-1-3-10-17/h6,8,11H,1-3,7,9-10,15H2. The molecule has 1 amide bonds. The van der Waals surface area contributed by atoms with Crippen molar-refractivity contribution in [2.24, 2.45) is 5.73 Å². The minimum absolute atomic E-state index is 0.0541. The topological polar surface area (TPSA) is 59.2 Å². The number of carbonyl (C=O) groups is 1. The summed E-state index contributed by atoms with van der Waals surface area (Å²) in [5.74, 6) is 5.73. The van der Waals surface area contributed by atoms with Crippen LogP contribution in [0.5, 0.6) is 0 Å². The number of hydrogen-bond donors (Lipinski definition) is 1. The van der Waals surface area contributed by atoms with Gasteiger partial charge in [-0.15, -0.1) is 0 Å². The Kier molecular flexibility index (Phi) is 4.32. The Morgan fingerprint density at radius 3 is 2.89 bits per heavy atom. The number of pyridine rings is 1. The highest BCUT2D eigenvalue weighted by Gasteiger charge is 2.19. The van der Waals surface area contributed by atoms with Gasteiger partial charge in [0.15, 0.2) is 0 Å². The van der Waals surface area contributed by atoms with E-state index in [0.717, 1.165) is 25.9 Å². The lowest BCUT2D eigenvalue weighted by atomic mass is 10.1. The predicted molar refractivity (Wildman–Crippen MR) is 69.9 cm³/mol. The number of amides is 1. The zero-order chi connectivity index (χ0) is 12.8. The molecule has 1 saturated heterocycles. The van der Waals surface area contributed by atoms with E-state index >= 15 is 0 Å². The molecule has 1 aromatic heterocycles. The summed E-state index contributed by atoms with van der Waals surface area (Å²) < 4.78 is 0. The number of rotatable bonds is 1. The Hall–Kier alpha value is -1.86. The van der Waals surface area contributed by atoms with E-state index < -0.39 is 0 Å².